The summed E-state index contributed by atoms with van der Waals surface area (Å²) in [5, 5.41) is 3.69. The van der Waals surface area contributed by atoms with Crippen molar-refractivity contribution in [3.05, 3.63) is 29.7 Å². The average molecular weight is 310 g/mol. The number of anilines is 1. The summed E-state index contributed by atoms with van der Waals surface area (Å²) in [6, 6.07) is 4.96. The van der Waals surface area contributed by atoms with E-state index in [0.717, 1.165) is 0 Å². The van der Waals surface area contributed by atoms with Crippen LogP contribution in [0.3, 0.4) is 0 Å². The zero-order valence-electron chi connectivity index (χ0n) is 11.8. The van der Waals surface area contributed by atoms with Crippen LogP contribution >= 0.6 is 0 Å². The Kier molecular flexibility index (Phi) is 3.05. The first kappa shape index (κ1) is 13.7. The van der Waals surface area contributed by atoms with Crippen LogP contribution in [0.2, 0.25) is 0 Å². The third kappa shape index (κ3) is 2.11. The molecular weight excluding hydrogens is 296 g/mol. The number of hydrogen-bond acceptors (Lipinski definition) is 6. The molecule has 1 aromatic carbocycles. The van der Waals surface area contributed by atoms with Gasteiger partial charge in [-0.15, -0.1) is 0 Å². The van der Waals surface area contributed by atoms with Crippen molar-refractivity contribution in [2.45, 2.75) is 18.7 Å². The number of hydrogen-bond donors (Lipinski definition) is 0. The molecule has 0 radical (unpaired) electrons. The Morgan fingerprint density at radius 2 is 1.90 bits per heavy atom. The van der Waals surface area contributed by atoms with Gasteiger partial charge in [-0.1, -0.05) is 5.16 Å². The van der Waals surface area contributed by atoms with Gasteiger partial charge in [-0.3, -0.25) is 4.31 Å². The standard InChI is InChI=1S/C13H14N2O5S/c1-8-13(9(2)20-14-8)21(16,17)15(3)10-4-5-11-12(6-10)19-7-18-11/h4-6H,7H2,1-3H3. The summed E-state index contributed by atoms with van der Waals surface area (Å²) in [6.45, 7) is 3.30. The van der Waals surface area contributed by atoms with Crippen LogP contribution < -0.4 is 13.8 Å². The number of fused-ring (bicyclic) bond motifs is 1. The summed E-state index contributed by atoms with van der Waals surface area (Å²) >= 11 is 0. The van der Waals surface area contributed by atoms with Crippen molar-refractivity contribution in [1.82, 2.24) is 5.16 Å². The molecule has 2 heterocycles. The smallest absolute Gasteiger partial charge is 0.269 e. The summed E-state index contributed by atoms with van der Waals surface area (Å²) in [5.74, 6) is 1.38. The lowest BCUT2D eigenvalue weighted by Crippen LogP contribution is -2.27. The van der Waals surface area contributed by atoms with Gasteiger partial charge in [0.1, 0.15) is 5.69 Å². The van der Waals surface area contributed by atoms with E-state index in [2.05, 4.69) is 5.16 Å². The van der Waals surface area contributed by atoms with Gasteiger partial charge in [-0.2, -0.15) is 0 Å². The van der Waals surface area contributed by atoms with Crippen molar-refractivity contribution in [3.8, 4) is 11.5 Å². The van der Waals surface area contributed by atoms with E-state index in [9.17, 15) is 8.42 Å². The van der Waals surface area contributed by atoms with E-state index < -0.39 is 10.0 Å². The molecule has 7 nitrogen and oxygen atoms in total. The minimum absolute atomic E-state index is 0.0858. The van der Waals surface area contributed by atoms with Gasteiger partial charge in [0, 0.05) is 13.1 Å². The molecular formula is C13H14N2O5S. The van der Waals surface area contributed by atoms with Crippen LogP contribution in [0.4, 0.5) is 5.69 Å². The first-order chi connectivity index (χ1) is 9.91. The van der Waals surface area contributed by atoms with E-state index in [4.69, 9.17) is 14.0 Å². The topological polar surface area (TPSA) is 81.9 Å². The molecule has 0 saturated heterocycles. The van der Waals surface area contributed by atoms with Crippen LogP contribution in [-0.2, 0) is 10.0 Å². The monoisotopic (exact) mass is 310 g/mol. The molecule has 0 N–H and O–H groups in total. The quantitative estimate of drug-likeness (QED) is 0.860. The summed E-state index contributed by atoms with van der Waals surface area (Å²) in [5.41, 5.74) is 0.805. The molecule has 0 bridgehead atoms. The first-order valence-corrected chi connectivity index (χ1v) is 7.66. The van der Waals surface area contributed by atoms with Crippen LogP contribution in [0.15, 0.2) is 27.6 Å². The van der Waals surface area contributed by atoms with Crippen LogP contribution in [0.5, 0.6) is 11.5 Å². The molecule has 0 unspecified atom stereocenters. The lowest BCUT2D eigenvalue weighted by Gasteiger charge is -2.19. The highest BCUT2D eigenvalue weighted by molar-refractivity contribution is 7.92. The van der Waals surface area contributed by atoms with Gasteiger partial charge in [0.15, 0.2) is 22.2 Å². The third-order valence-corrected chi connectivity index (χ3v) is 5.34. The summed E-state index contributed by atoms with van der Waals surface area (Å²) in [4.78, 5) is 0.0858. The number of aryl methyl sites for hydroxylation is 2. The second-order valence-electron chi connectivity index (χ2n) is 4.66. The van der Waals surface area contributed by atoms with E-state index in [1.165, 1.54) is 11.4 Å². The Labute approximate surface area is 122 Å². The van der Waals surface area contributed by atoms with Gasteiger partial charge in [0.25, 0.3) is 10.0 Å². The highest BCUT2D eigenvalue weighted by Crippen LogP contribution is 2.36. The second kappa shape index (κ2) is 4.66. The molecule has 3 rings (SSSR count). The minimum atomic E-state index is -3.75. The number of nitrogens with zero attached hydrogens (tertiary/aromatic N) is 2. The second-order valence-corrected chi connectivity index (χ2v) is 6.57. The van der Waals surface area contributed by atoms with Crippen LogP contribution in [-0.4, -0.2) is 27.4 Å². The van der Waals surface area contributed by atoms with Gasteiger partial charge in [-0.25, -0.2) is 8.42 Å². The zero-order chi connectivity index (χ0) is 15.2. The lowest BCUT2D eigenvalue weighted by atomic mass is 10.3. The molecule has 2 aromatic rings. The normalized spacial score (nSPS) is 13.5. The zero-order valence-corrected chi connectivity index (χ0v) is 12.6. The van der Waals surface area contributed by atoms with Gasteiger partial charge in [-0.05, 0) is 26.0 Å². The molecule has 0 amide bonds. The Morgan fingerprint density at radius 3 is 2.57 bits per heavy atom. The number of rotatable bonds is 3. The molecule has 8 heteroatoms. The Hall–Kier alpha value is -2.22. The summed E-state index contributed by atoms with van der Waals surface area (Å²) < 4.78 is 42.0. The van der Waals surface area contributed by atoms with Gasteiger partial charge >= 0.3 is 0 Å². The van der Waals surface area contributed by atoms with Crippen molar-refractivity contribution in [3.63, 3.8) is 0 Å². The average Bonchev–Trinajstić information content (AvgIpc) is 3.03. The minimum Gasteiger partial charge on any atom is -0.454 e. The molecule has 0 spiro atoms. The third-order valence-electron chi connectivity index (χ3n) is 3.31. The molecule has 1 aliphatic rings. The van der Waals surface area contributed by atoms with E-state index >= 15 is 0 Å². The molecule has 0 atom stereocenters. The van der Waals surface area contributed by atoms with Crippen molar-refractivity contribution >= 4 is 15.7 Å². The van der Waals surface area contributed by atoms with Crippen LogP contribution in [0.1, 0.15) is 11.5 Å². The Morgan fingerprint density at radius 1 is 1.19 bits per heavy atom. The molecule has 0 saturated carbocycles. The molecule has 112 valence electrons. The van der Waals surface area contributed by atoms with E-state index in [0.29, 0.717) is 22.9 Å². The largest absolute Gasteiger partial charge is 0.454 e. The fraction of sp³-hybridized carbons (Fsp3) is 0.308. The molecule has 0 fully saturated rings. The maximum absolute atomic E-state index is 12.7. The fourth-order valence-corrected chi connectivity index (χ4v) is 3.68. The van der Waals surface area contributed by atoms with Crippen molar-refractivity contribution < 1.29 is 22.4 Å². The predicted octanol–water partition coefficient (Wildman–Crippen LogP) is 1.85. The van der Waals surface area contributed by atoms with Gasteiger partial charge in [0.05, 0.1) is 5.69 Å². The fourth-order valence-electron chi connectivity index (χ4n) is 2.20. The maximum Gasteiger partial charge on any atom is 0.269 e. The van der Waals surface area contributed by atoms with E-state index in [-0.39, 0.29) is 17.4 Å². The Balaban J connectivity index is 2.03. The van der Waals surface area contributed by atoms with Crippen LogP contribution in [0, 0.1) is 13.8 Å². The Bertz CT molecular complexity index is 777. The van der Waals surface area contributed by atoms with Gasteiger partial charge in [0.2, 0.25) is 6.79 Å². The van der Waals surface area contributed by atoms with Crippen molar-refractivity contribution in [2.24, 2.45) is 0 Å². The van der Waals surface area contributed by atoms with E-state index in [1.807, 2.05) is 0 Å². The lowest BCUT2D eigenvalue weighted by molar-refractivity contribution is 0.174. The highest BCUT2D eigenvalue weighted by Gasteiger charge is 2.29. The molecule has 1 aromatic heterocycles. The number of aromatic nitrogens is 1. The summed E-state index contributed by atoms with van der Waals surface area (Å²) in [7, 11) is -2.28. The van der Waals surface area contributed by atoms with Crippen LogP contribution in [0.25, 0.3) is 0 Å². The SMILES string of the molecule is Cc1noc(C)c1S(=O)(=O)N(C)c1ccc2c(c1)OCO2. The van der Waals surface area contributed by atoms with Gasteiger partial charge < -0.3 is 14.0 Å². The first-order valence-electron chi connectivity index (χ1n) is 6.22. The molecule has 1 aliphatic heterocycles. The number of benzene rings is 1. The molecule has 21 heavy (non-hydrogen) atoms. The number of sulfonamides is 1. The maximum atomic E-state index is 12.7. The number of ether oxygens (including phenoxy) is 2. The van der Waals surface area contributed by atoms with E-state index in [1.54, 1.807) is 32.0 Å². The van der Waals surface area contributed by atoms with Crippen molar-refractivity contribution in [2.75, 3.05) is 18.1 Å². The summed E-state index contributed by atoms with van der Waals surface area (Å²) in [6.07, 6.45) is 0. The molecule has 0 aliphatic carbocycles. The van der Waals surface area contributed by atoms with Crippen molar-refractivity contribution in [1.29, 1.82) is 0 Å². The highest BCUT2D eigenvalue weighted by atomic mass is 32.2. The predicted molar refractivity (Wildman–Crippen MR) is 74.1 cm³/mol.